The number of thiocarbonyl (C=S) groups is 1. The molecule has 1 fully saturated rings. The zero-order valence-electron chi connectivity index (χ0n) is 19.2. The smallest absolute Gasteiger partial charge is 0.178 e. The first kappa shape index (κ1) is 25.3. The molecule has 0 bridgehead atoms. The molecule has 1 heterocycles. The summed E-state index contributed by atoms with van der Waals surface area (Å²) in [5.74, 6) is -0.951. The van der Waals surface area contributed by atoms with Gasteiger partial charge in [0.15, 0.2) is 5.11 Å². The number of piperazine rings is 1. The second-order valence-corrected chi connectivity index (χ2v) is 9.44. The largest absolute Gasteiger partial charge is 0.375 e. The van der Waals surface area contributed by atoms with Gasteiger partial charge in [0.25, 0.3) is 0 Å². The number of halogens is 3. The number of nitrogens with zero attached hydrogens (tertiary/aromatic N) is 2. The van der Waals surface area contributed by atoms with Gasteiger partial charge in [-0.25, -0.2) is 14.2 Å². The van der Waals surface area contributed by atoms with Crippen molar-refractivity contribution < 1.29 is 8.78 Å². The Bertz CT molecular complexity index is 1160. The molecule has 3 aromatic rings. The maximum Gasteiger partial charge on any atom is 0.178 e. The van der Waals surface area contributed by atoms with Crippen LogP contribution in [0.3, 0.4) is 0 Å². The van der Waals surface area contributed by atoms with Crippen LogP contribution in [-0.2, 0) is 19.5 Å². The van der Waals surface area contributed by atoms with Gasteiger partial charge in [-0.1, -0.05) is 60.1 Å². The van der Waals surface area contributed by atoms with E-state index < -0.39 is 11.6 Å². The Balaban J connectivity index is 1.53. The van der Waals surface area contributed by atoms with Gasteiger partial charge in [-0.3, -0.25) is 10.3 Å². The van der Waals surface area contributed by atoms with E-state index in [0.29, 0.717) is 26.2 Å². The Hall–Kier alpha value is -2.78. The molecule has 1 saturated heterocycles. The summed E-state index contributed by atoms with van der Waals surface area (Å²) in [7, 11) is 0. The lowest BCUT2D eigenvalue weighted by Gasteiger charge is -2.43. The standard InChI is InChI=1S/C26H28ClF2N5S/c27-22-9-5-4-8-19(22)16-33-10-11-34(17-21(33)12-18-6-2-1-3-7-18)25-14-23(28)20(13-24(25)29)15-31-32-26(30)35/h1-9,13-14,21,31H,10-12,15-17H2,(H3,30,32,35)/t21-/m0/s1. The van der Waals surface area contributed by atoms with Crippen molar-refractivity contribution in [3.8, 4) is 0 Å². The summed E-state index contributed by atoms with van der Waals surface area (Å²) in [6, 6.07) is 20.6. The van der Waals surface area contributed by atoms with Gasteiger partial charge in [-0.15, -0.1) is 0 Å². The molecule has 4 rings (SSSR count). The van der Waals surface area contributed by atoms with Crippen molar-refractivity contribution in [2.45, 2.75) is 25.6 Å². The Morgan fingerprint density at radius 3 is 2.49 bits per heavy atom. The number of nitrogens with two attached hydrogens (primary N) is 1. The number of hydrazine groups is 1. The van der Waals surface area contributed by atoms with E-state index in [-0.39, 0.29) is 28.9 Å². The molecule has 0 aliphatic carbocycles. The summed E-state index contributed by atoms with van der Waals surface area (Å²) in [6.45, 7) is 2.58. The highest BCUT2D eigenvalue weighted by Crippen LogP contribution is 2.28. The molecule has 0 aromatic heterocycles. The molecular formula is C26H28ClF2N5S. The third-order valence-corrected chi connectivity index (χ3v) is 6.67. The Labute approximate surface area is 214 Å². The number of hydrogen-bond donors (Lipinski definition) is 3. The zero-order valence-corrected chi connectivity index (χ0v) is 20.8. The van der Waals surface area contributed by atoms with E-state index in [1.54, 1.807) is 0 Å². The summed E-state index contributed by atoms with van der Waals surface area (Å²) in [4.78, 5) is 4.30. The normalized spacial score (nSPS) is 16.3. The minimum Gasteiger partial charge on any atom is -0.375 e. The van der Waals surface area contributed by atoms with E-state index >= 15 is 4.39 Å². The van der Waals surface area contributed by atoms with Gasteiger partial charge in [0.2, 0.25) is 0 Å². The first-order valence-electron chi connectivity index (χ1n) is 11.4. The van der Waals surface area contributed by atoms with Crippen molar-refractivity contribution in [1.82, 2.24) is 15.8 Å². The van der Waals surface area contributed by atoms with Crippen molar-refractivity contribution in [3.63, 3.8) is 0 Å². The van der Waals surface area contributed by atoms with E-state index in [0.717, 1.165) is 17.0 Å². The topological polar surface area (TPSA) is 56.6 Å². The average Bonchev–Trinajstić information content (AvgIpc) is 2.84. The van der Waals surface area contributed by atoms with Crippen molar-refractivity contribution in [2.24, 2.45) is 5.73 Å². The summed E-state index contributed by atoms with van der Waals surface area (Å²) in [5, 5.41) is 0.761. The number of hydrogen-bond acceptors (Lipinski definition) is 4. The van der Waals surface area contributed by atoms with Gasteiger partial charge in [0.1, 0.15) is 11.6 Å². The fourth-order valence-corrected chi connectivity index (χ4v) is 4.69. The van der Waals surface area contributed by atoms with Crippen molar-refractivity contribution in [1.29, 1.82) is 0 Å². The highest BCUT2D eigenvalue weighted by Gasteiger charge is 2.29. The lowest BCUT2D eigenvalue weighted by atomic mass is 10.0. The maximum atomic E-state index is 15.1. The molecule has 5 nitrogen and oxygen atoms in total. The van der Waals surface area contributed by atoms with Crippen LogP contribution in [-0.4, -0.2) is 35.7 Å². The van der Waals surface area contributed by atoms with Crippen LogP contribution < -0.4 is 21.5 Å². The number of benzene rings is 3. The fraction of sp³-hybridized carbons (Fsp3) is 0.269. The molecule has 0 radical (unpaired) electrons. The van der Waals surface area contributed by atoms with Gasteiger partial charge < -0.3 is 10.6 Å². The molecule has 184 valence electrons. The van der Waals surface area contributed by atoms with Crippen LogP contribution in [0.25, 0.3) is 0 Å². The molecular weight excluding hydrogens is 488 g/mol. The van der Waals surface area contributed by atoms with Gasteiger partial charge >= 0.3 is 0 Å². The molecule has 1 aliphatic heterocycles. The molecule has 4 N–H and O–H groups in total. The number of nitrogens with one attached hydrogen (secondary N) is 2. The SMILES string of the molecule is NC(=S)NNCc1cc(F)c(N2CCN(Cc3ccccc3Cl)[C@@H](Cc3ccccc3)C2)cc1F. The molecule has 0 unspecified atom stereocenters. The van der Waals surface area contributed by atoms with Crippen LogP contribution in [0.5, 0.6) is 0 Å². The monoisotopic (exact) mass is 515 g/mol. The molecule has 0 saturated carbocycles. The average molecular weight is 516 g/mol. The summed E-state index contributed by atoms with van der Waals surface area (Å²) in [6.07, 6.45) is 0.790. The van der Waals surface area contributed by atoms with Gasteiger partial charge in [0, 0.05) is 55.4 Å². The van der Waals surface area contributed by atoms with Crippen LogP contribution >= 0.6 is 23.8 Å². The van der Waals surface area contributed by atoms with Crippen LogP contribution in [0, 0.1) is 11.6 Å². The van der Waals surface area contributed by atoms with Crippen LogP contribution in [0.15, 0.2) is 66.7 Å². The minimum atomic E-state index is -0.489. The van der Waals surface area contributed by atoms with Crippen LogP contribution in [0.1, 0.15) is 16.7 Å². The van der Waals surface area contributed by atoms with Gasteiger partial charge in [-0.05, 0) is 41.9 Å². The third-order valence-electron chi connectivity index (χ3n) is 6.20. The van der Waals surface area contributed by atoms with E-state index in [2.05, 4.69) is 27.9 Å². The van der Waals surface area contributed by atoms with E-state index in [4.69, 9.17) is 29.6 Å². The minimum absolute atomic E-state index is 0.0293. The van der Waals surface area contributed by atoms with Crippen LogP contribution in [0.4, 0.5) is 14.5 Å². The summed E-state index contributed by atoms with van der Waals surface area (Å²) >= 11 is 11.1. The molecule has 9 heteroatoms. The third kappa shape index (κ3) is 6.67. The summed E-state index contributed by atoms with van der Waals surface area (Å²) in [5.41, 5.74) is 13.3. The van der Waals surface area contributed by atoms with Crippen molar-refractivity contribution in [3.05, 3.63) is 100 Å². The van der Waals surface area contributed by atoms with Crippen molar-refractivity contribution in [2.75, 3.05) is 24.5 Å². The molecule has 3 aromatic carbocycles. The molecule has 1 aliphatic rings. The first-order chi connectivity index (χ1) is 16.9. The van der Waals surface area contributed by atoms with E-state index in [1.807, 2.05) is 47.4 Å². The molecule has 35 heavy (non-hydrogen) atoms. The number of rotatable bonds is 8. The quantitative estimate of drug-likeness (QED) is 0.305. The molecule has 0 amide bonds. The fourth-order valence-electron chi connectivity index (χ4n) is 4.43. The lowest BCUT2D eigenvalue weighted by molar-refractivity contribution is 0.166. The van der Waals surface area contributed by atoms with Gasteiger partial charge in [0.05, 0.1) is 5.69 Å². The first-order valence-corrected chi connectivity index (χ1v) is 12.2. The highest BCUT2D eigenvalue weighted by molar-refractivity contribution is 7.80. The second-order valence-electron chi connectivity index (χ2n) is 8.59. The van der Waals surface area contributed by atoms with Gasteiger partial charge in [-0.2, -0.15) is 0 Å². The van der Waals surface area contributed by atoms with E-state index in [1.165, 1.54) is 17.7 Å². The Kier molecular flexibility index (Phi) is 8.51. The Morgan fingerprint density at radius 2 is 1.74 bits per heavy atom. The van der Waals surface area contributed by atoms with Crippen molar-refractivity contribution >= 4 is 34.6 Å². The zero-order chi connectivity index (χ0) is 24.8. The highest BCUT2D eigenvalue weighted by atomic mass is 35.5. The van der Waals surface area contributed by atoms with E-state index in [9.17, 15) is 4.39 Å². The predicted octanol–water partition coefficient (Wildman–Crippen LogP) is 4.39. The Morgan fingerprint density at radius 1 is 1.00 bits per heavy atom. The molecule has 1 atom stereocenters. The lowest BCUT2D eigenvalue weighted by Crippen LogP contribution is -2.54. The second kappa shape index (κ2) is 11.8. The maximum absolute atomic E-state index is 15.1. The summed E-state index contributed by atoms with van der Waals surface area (Å²) < 4.78 is 29.9. The molecule has 0 spiro atoms. The number of anilines is 1. The predicted molar refractivity (Wildman–Crippen MR) is 141 cm³/mol. The van der Waals surface area contributed by atoms with Crippen LogP contribution in [0.2, 0.25) is 5.02 Å².